The van der Waals surface area contributed by atoms with Gasteiger partial charge in [-0.1, -0.05) is 285 Å². The Labute approximate surface area is 339 Å². The molecular weight excluding hydrogens is 707 g/mol. The van der Waals surface area contributed by atoms with Crippen molar-refractivity contribution in [3.63, 3.8) is 0 Å². The maximum absolute atomic E-state index is 13.8. The maximum Gasteiger partial charge on any atom is 0.171 e. The van der Waals surface area contributed by atoms with Crippen molar-refractivity contribution in [3.8, 4) is 0 Å². The van der Waals surface area contributed by atoms with Gasteiger partial charge >= 0.3 is 0 Å². The first-order chi connectivity index (χ1) is 27.0. The van der Waals surface area contributed by atoms with Crippen molar-refractivity contribution in [2.75, 3.05) is 0 Å². The fourth-order valence-electron chi connectivity index (χ4n) is 4.72. The fraction of sp³-hybridized carbons (Fsp3) is 0.294. The molecule has 0 unspecified atom stereocenters. The van der Waals surface area contributed by atoms with E-state index in [9.17, 15) is 9.13 Å². The molecule has 0 aromatic heterocycles. The van der Waals surface area contributed by atoms with Crippen LogP contribution in [-0.4, -0.2) is 0 Å². The summed E-state index contributed by atoms with van der Waals surface area (Å²) in [4.78, 5) is 0. The highest BCUT2D eigenvalue weighted by molar-refractivity contribution is 7.85. The number of hydrogen-bond donors (Lipinski definition) is 0. The van der Waals surface area contributed by atoms with E-state index in [-0.39, 0.29) is 0 Å². The van der Waals surface area contributed by atoms with E-state index in [1.165, 1.54) is 6.42 Å². The summed E-state index contributed by atoms with van der Waals surface area (Å²) in [6, 6.07) is 58.3. The molecule has 6 aromatic carbocycles. The first kappa shape index (κ1) is 55.1. The lowest BCUT2D eigenvalue weighted by Crippen LogP contribution is -2.24. The number of hydrogen-bond acceptors (Lipinski definition) is 2. The quantitative estimate of drug-likeness (QED) is 0.158. The van der Waals surface area contributed by atoms with Crippen molar-refractivity contribution in [3.05, 3.63) is 182 Å². The maximum atomic E-state index is 13.8. The number of benzene rings is 6. The van der Waals surface area contributed by atoms with Crippen molar-refractivity contribution >= 4 is 46.1 Å². The smallest absolute Gasteiger partial charge is 0.171 e. The standard InChI is InChI=1S/2C18H15OP.C3H8.6C2H6/c2*19-20(16-10-4-1-5-11-16,17-12-6-2-7-13-17)18-14-8-3-9-15-18;1-3-2;6*1-2/h2*1-15H;3H2,1-2H3;6*1-2H3. The van der Waals surface area contributed by atoms with E-state index >= 15 is 0 Å². The van der Waals surface area contributed by atoms with E-state index in [0.29, 0.717) is 0 Å². The third-order valence-corrected chi connectivity index (χ3v) is 12.9. The van der Waals surface area contributed by atoms with Crippen molar-refractivity contribution < 1.29 is 9.13 Å². The molecule has 0 radical (unpaired) electrons. The molecule has 0 heterocycles. The van der Waals surface area contributed by atoms with Crippen LogP contribution in [0, 0.1) is 0 Å². The molecule has 6 rings (SSSR count). The molecule has 0 fully saturated rings. The predicted octanol–water partition coefficient (Wildman–Crippen LogP) is 14.2. The van der Waals surface area contributed by atoms with Gasteiger partial charge in [-0.15, -0.1) is 0 Å². The minimum absolute atomic E-state index is 0.873. The van der Waals surface area contributed by atoms with E-state index < -0.39 is 14.3 Å². The van der Waals surface area contributed by atoms with E-state index in [4.69, 9.17) is 0 Å². The molecule has 6 aromatic rings. The van der Waals surface area contributed by atoms with Crippen LogP contribution in [0.5, 0.6) is 0 Å². The average molecular weight is 781 g/mol. The van der Waals surface area contributed by atoms with Gasteiger partial charge in [-0.3, -0.25) is 0 Å². The molecule has 0 saturated carbocycles. The van der Waals surface area contributed by atoms with Gasteiger partial charge in [0, 0.05) is 31.8 Å². The first-order valence-electron chi connectivity index (χ1n) is 20.6. The molecule has 0 saturated heterocycles. The van der Waals surface area contributed by atoms with Gasteiger partial charge in [0.15, 0.2) is 14.3 Å². The predicted molar refractivity (Wildman–Crippen MR) is 256 cm³/mol. The largest absolute Gasteiger partial charge is 0.309 e. The third-order valence-electron chi connectivity index (χ3n) is 6.72. The van der Waals surface area contributed by atoms with E-state index in [1.54, 1.807) is 0 Å². The Hall–Kier alpha value is -4.22. The van der Waals surface area contributed by atoms with Crippen molar-refractivity contribution in [1.82, 2.24) is 0 Å². The first-order valence-corrected chi connectivity index (χ1v) is 24.0. The molecule has 0 atom stereocenters. The minimum Gasteiger partial charge on any atom is -0.309 e. The normalized spacial score (nSPS) is 9.13. The average Bonchev–Trinajstić information content (AvgIpc) is 3.32. The Kier molecular flexibility index (Phi) is 36.8. The molecule has 0 aliphatic heterocycles. The summed E-state index contributed by atoms with van der Waals surface area (Å²) in [6.07, 6.45) is 1.25. The molecule has 55 heavy (non-hydrogen) atoms. The Morgan fingerprint density at radius 2 is 0.345 bits per heavy atom. The van der Waals surface area contributed by atoms with Crippen LogP contribution in [0.4, 0.5) is 0 Å². The van der Waals surface area contributed by atoms with Crippen LogP contribution in [-0.2, 0) is 9.13 Å². The van der Waals surface area contributed by atoms with E-state index in [1.807, 2.05) is 265 Å². The fourth-order valence-corrected chi connectivity index (χ4v) is 10.1. The van der Waals surface area contributed by atoms with Crippen molar-refractivity contribution in [2.24, 2.45) is 0 Å². The molecule has 0 aliphatic rings. The van der Waals surface area contributed by atoms with Gasteiger partial charge in [0.2, 0.25) is 0 Å². The summed E-state index contributed by atoms with van der Waals surface area (Å²) in [6.45, 7) is 28.2. The molecule has 300 valence electrons. The molecular formula is C51H74O2P2. The van der Waals surface area contributed by atoms with Crippen molar-refractivity contribution in [2.45, 2.75) is 103 Å². The summed E-state index contributed by atoms with van der Waals surface area (Å²) < 4.78 is 27.6. The Balaban J connectivity index is -0.000000733. The van der Waals surface area contributed by atoms with Crippen molar-refractivity contribution in [1.29, 1.82) is 0 Å². The zero-order valence-electron chi connectivity index (χ0n) is 36.7. The van der Waals surface area contributed by atoms with Gasteiger partial charge < -0.3 is 9.13 Å². The highest BCUT2D eigenvalue weighted by atomic mass is 31.2. The Morgan fingerprint density at radius 1 is 0.255 bits per heavy atom. The third kappa shape index (κ3) is 17.9. The van der Waals surface area contributed by atoms with Gasteiger partial charge in [0.1, 0.15) is 0 Å². The summed E-state index contributed by atoms with van der Waals surface area (Å²) in [5.41, 5.74) is 0. The highest BCUT2D eigenvalue weighted by Crippen LogP contribution is 2.42. The Morgan fingerprint density at radius 3 is 0.436 bits per heavy atom. The van der Waals surface area contributed by atoms with Crippen LogP contribution in [0.15, 0.2) is 182 Å². The molecule has 0 N–H and O–H groups in total. The van der Waals surface area contributed by atoms with Gasteiger partial charge in [0.25, 0.3) is 0 Å². The van der Waals surface area contributed by atoms with E-state index in [2.05, 4.69) is 13.8 Å². The lowest BCUT2D eigenvalue weighted by atomic mass is 10.4. The molecule has 0 bridgehead atoms. The van der Waals surface area contributed by atoms with Gasteiger partial charge in [-0.25, -0.2) is 0 Å². The molecule has 0 spiro atoms. The second-order valence-corrected chi connectivity index (χ2v) is 15.5. The summed E-state index contributed by atoms with van der Waals surface area (Å²) in [5.74, 6) is 0. The second-order valence-electron chi connectivity index (χ2n) is 9.94. The SMILES string of the molecule is CC.CC.CC.CC.CC.CC.CCC.O=P(c1ccccc1)(c1ccccc1)c1ccccc1.O=P(c1ccccc1)(c1ccccc1)c1ccccc1. The van der Waals surface area contributed by atoms with Crippen LogP contribution in [0.3, 0.4) is 0 Å². The van der Waals surface area contributed by atoms with Gasteiger partial charge in [-0.2, -0.15) is 0 Å². The second kappa shape index (κ2) is 36.7. The summed E-state index contributed by atoms with van der Waals surface area (Å²) >= 11 is 0. The van der Waals surface area contributed by atoms with Gasteiger partial charge in [-0.05, 0) is 0 Å². The van der Waals surface area contributed by atoms with Crippen LogP contribution >= 0.6 is 14.3 Å². The van der Waals surface area contributed by atoms with Crippen LogP contribution in [0.25, 0.3) is 0 Å². The van der Waals surface area contributed by atoms with Gasteiger partial charge in [0.05, 0.1) is 0 Å². The topological polar surface area (TPSA) is 34.1 Å². The summed E-state index contributed by atoms with van der Waals surface area (Å²) in [7, 11) is -5.55. The minimum atomic E-state index is -2.78. The number of rotatable bonds is 6. The molecule has 0 amide bonds. The highest BCUT2D eigenvalue weighted by Gasteiger charge is 2.30. The lowest BCUT2D eigenvalue weighted by Gasteiger charge is -2.19. The molecule has 2 nitrogen and oxygen atoms in total. The Bertz CT molecular complexity index is 1390. The molecule has 4 heteroatoms. The van der Waals surface area contributed by atoms with Crippen LogP contribution in [0.2, 0.25) is 0 Å². The molecule has 0 aliphatic carbocycles. The zero-order chi connectivity index (χ0) is 42.4. The monoisotopic (exact) mass is 781 g/mol. The van der Waals surface area contributed by atoms with Crippen LogP contribution in [0.1, 0.15) is 103 Å². The lowest BCUT2D eigenvalue weighted by molar-refractivity contribution is 0.591. The zero-order valence-corrected chi connectivity index (χ0v) is 38.5. The summed E-state index contributed by atoms with van der Waals surface area (Å²) in [5, 5.41) is 5.24. The van der Waals surface area contributed by atoms with E-state index in [0.717, 1.165) is 31.8 Å². The van der Waals surface area contributed by atoms with Crippen LogP contribution < -0.4 is 31.8 Å².